The van der Waals surface area contributed by atoms with E-state index >= 15 is 0 Å². The van der Waals surface area contributed by atoms with Gasteiger partial charge in [-0.1, -0.05) is 6.07 Å². The number of aryl methyl sites for hydroxylation is 3. The van der Waals surface area contributed by atoms with E-state index in [0.717, 1.165) is 24.2 Å². The molecule has 0 aliphatic carbocycles. The lowest BCUT2D eigenvalue weighted by molar-refractivity contribution is 0.102. The van der Waals surface area contributed by atoms with Crippen molar-refractivity contribution in [3.05, 3.63) is 41.1 Å². The topological polar surface area (TPSA) is 56.2 Å². The van der Waals surface area contributed by atoms with Gasteiger partial charge < -0.3 is 10.1 Å². The quantitative estimate of drug-likeness (QED) is 0.913. The van der Waals surface area contributed by atoms with Crippen LogP contribution >= 0.6 is 0 Å². The molecule has 3 rings (SSSR count). The van der Waals surface area contributed by atoms with E-state index in [2.05, 4.69) is 10.4 Å². The molecule has 0 radical (unpaired) electrons. The number of nitrogens with one attached hydrogen (secondary N) is 1. The first kappa shape index (κ1) is 12.7. The van der Waals surface area contributed by atoms with Crippen molar-refractivity contribution < 1.29 is 9.53 Å². The number of ether oxygens (including phenoxy) is 1. The van der Waals surface area contributed by atoms with Crippen LogP contribution in [0.3, 0.4) is 0 Å². The molecule has 1 aromatic carbocycles. The fourth-order valence-electron chi connectivity index (χ4n) is 2.19. The molecule has 0 bridgehead atoms. The van der Waals surface area contributed by atoms with Gasteiger partial charge in [-0.2, -0.15) is 5.10 Å². The second kappa shape index (κ2) is 5.00. The molecular formula is C15H17N3O2. The highest BCUT2D eigenvalue weighted by Gasteiger charge is 2.17. The van der Waals surface area contributed by atoms with Gasteiger partial charge in [0.15, 0.2) is 5.69 Å². The van der Waals surface area contributed by atoms with E-state index in [-0.39, 0.29) is 5.91 Å². The Kier molecular flexibility index (Phi) is 3.18. The lowest BCUT2D eigenvalue weighted by Crippen LogP contribution is -2.16. The fraction of sp³-hybridized carbons (Fsp3) is 0.333. The van der Waals surface area contributed by atoms with Gasteiger partial charge in [-0.25, -0.2) is 4.68 Å². The van der Waals surface area contributed by atoms with Crippen molar-refractivity contribution in [2.75, 3.05) is 11.9 Å². The third kappa shape index (κ3) is 2.39. The number of nitrogens with zero attached hydrogens (tertiary/aromatic N) is 2. The maximum atomic E-state index is 12.2. The zero-order chi connectivity index (χ0) is 14.1. The van der Waals surface area contributed by atoms with Crippen molar-refractivity contribution in [3.8, 4) is 5.88 Å². The van der Waals surface area contributed by atoms with Crippen molar-refractivity contribution in [3.63, 3.8) is 0 Å². The molecule has 0 unspecified atom stereocenters. The second-order valence-corrected chi connectivity index (χ2v) is 5.05. The van der Waals surface area contributed by atoms with Crippen LogP contribution in [-0.2, 0) is 6.54 Å². The average molecular weight is 271 g/mol. The van der Waals surface area contributed by atoms with Crippen LogP contribution in [0.4, 0.5) is 5.69 Å². The molecule has 0 saturated heterocycles. The van der Waals surface area contributed by atoms with Gasteiger partial charge in [0.05, 0.1) is 6.61 Å². The second-order valence-electron chi connectivity index (χ2n) is 5.05. The lowest BCUT2D eigenvalue weighted by atomic mass is 10.1. The smallest absolute Gasteiger partial charge is 0.276 e. The molecule has 5 nitrogen and oxygen atoms in total. The van der Waals surface area contributed by atoms with Crippen molar-refractivity contribution in [1.29, 1.82) is 0 Å². The highest BCUT2D eigenvalue weighted by molar-refractivity contribution is 6.03. The molecular weight excluding hydrogens is 254 g/mol. The Labute approximate surface area is 117 Å². The number of hydrogen-bond donors (Lipinski definition) is 1. The molecule has 0 spiro atoms. The molecule has 1 aliphatic rings. The van der Waals surface area contributed by atoms with Crippen LogP contribution in [0.15, 0.2) is 24.3 Å². The minimum atomic E-state index is -0.209. The molecule has 20 heavy (non-hydrogen) atoms. The van der Waals surface area contributed by atoms with Gasteiger partial charge in [0.25, 0.3) is 5.91 Å². The third-order valence-electron chi connectivity index (χ3n) is 3.50. The minimum Gasteiger partial charge on any atom is -0.478 e. The van der Waals surface area contributed by atoms with Crippen LogP contribution in [0.1, 0.15) is 28.0 Å². The van der Waals surface area contributed by atoms with E-state index < -0.39 is 0 Å². The molecule has 1 amide bonds. The first-order valence-corrected chi connectivity index (χ1v) is 6.73. The molecule has 0 atom stereocenters. The summed E-state index contributed by atoms with van der Waals surface area (Å²) < 4.78 is 7.19. The van der Waals surface area contributed by atoms with Crippen LogP contribution in [0, 0.1) is 13.8 Å². The van der Waals surface area contributed by atoms with Gasteiger partial charge in [-0.15, -0.1) is 0 Å². The number of carbonyl (C=O) groups is 1. The summed E-state index contributed by atoms with van der Waals surface area (Å²) in [5.41, 5.74) is 3.52. The summed E-state index contributed by atoms with van der Waals surface area (Å²) in [6.07, 6.45) is 0.924. The van der Waals surface area contributed by atoms with Crippen molar-refractivity contribution in [2.45, 2.75) is 26.8 Å². The van der Waals surface area contributed by atoms with Crippen molar-refractivity contribution >= 4 is 11.6 Å². The monoisotopic (exact) mass is 271 g/mol. The number of hydrogen-bond acceptors (Lipinski definition) is 3. The third-order valence-corrected chi connectivity index (χ3v) is 3.50. The summed E-state index contributed by atoms with van der Waals surface area (Å²) in [5.74, 6) is 0.459. The summed E-state index contributed by atoms with van der Waals surface area (Å²) in [6.45, 7) is 5.55. The number of benzene rings is 1. The molecule has 2 aromatic rings. The Balaban J connectivity index is 1.78. The summed E-state index contributed by atoms with van der Waals surface area (Å²) in [6, 6.07) is 7.54. The van der Waals surface area contributed by atoms with Crippen LogP contribution in [-0.4, -0.2) is 22.3 Å². The summed E-state index contributed by atoms with van der Waals surface area (Å²) >= 11 is 0. The van der Waals surface area contributed by atoms with E-state index in [1.807, 2.05) is 32.0 Å². The van der Waals surface area contributed by atoms with Gasteiger partial charge in [0.1, 0.15) is 0 Å². The van der Waals surface area contributed by atoms with Crippen LogP contribution in [0.5, 0.6) is 5.88 Å². The maximum Gasteiger partial charge on any atom is 0.276 e. The Morgan fingerprint density at radius 1 is 1.30 bits per heavy atom. The molecule has 1 N–H and O–H groups in total. The zero-order valence-electron chi connectivity index (χ0n) is 11.6. The minimum absolute atomic E-state index is 0.209. The lowest BCUT2D eigenvalue weighted by Gasteiger charge is -2.13. The number of carbonyl (C=O) groups excluding carboxylic acids is 1. The highest BCUT2D eigenvalue weighted by Crippen LogP contribution is 2.20. The van der Waals surface area contributed by atoms with E-state index in [0.29, 0.717) is 18.2 Å². The highest BCUT2D eigenvalue weighted by atomic mass is 16.5. The SMILES string of the molecule is Cc1ccc(NC(=O)c2cc3n(n2)CCCO3)cc1C. The van der Waals surface area contributed by atoms with Crippen LogP contribution < -0.4 is 10.1 Å². The van der Waals surface area contributed by atoms with E-state index in [1.165, 1.54) is 5.56 Å². The number of anilines is 1. The summed E-state index contributed by atoms with van der Waals surface area (Å²) in [5, 5.41) is 7.13. The first-order chi connectivity index (χ1) is 9.63. The molecule has 1 aliphatic heterocycles. The normalized spacial score (nSPS) is 13.5. The van der Waals surface area contributed by atoms with Crippen LogP contribution in [0.2, 0.25) is 0 Å². The molecule has 104 valence electrons. The van der Waals surface area contributed by atoms with Crippen molar-refractivity contribution in [2.24, 2.45) is 0 Å². The number of fused-ring (bicyclic) bond motifs is 1. The zero-order valence-corrected chi connectivity index (χ0v) is 11.6. The first-order valence-electron chi connectivity index (χ1n) is 6.73. The van der Waals surface area contributed by atoms with Gasteiger partial charge >= 0.3 is 0 Å². The van der Waals surface area contributed by atoms with E-state index in [4.69, 9.17) is 4.74 Å². The van der Waals surface area contributed by atoms with Crippen molar-refractivity contribution in [1.82, 2.24) is 9.78 Å². The molecule has 0 fully saturated rings. The summed E-state index contributed by atoms with van der Waals surface area (Å²) in [4.78, 5) is 12.2. The van der Waals surface area contributed by atoms with Gasteiger partial charge in [0, 0.05) is 24.7 Å². The number of aromatic nitrogens is 2. The van der Waals surface area contributed by atoms with Gasteiger partial charge in [-0.3, -0.25) is 4.79 Å². The molecule has 5 heteroatoms. The Hall–Kier alpha value is -2.30. The average Bonchev–Trinajstić information content (AvgIpc) is 2.87. The van der Waals surface area contributed by atoms with Gasteiger partial charge in [-0.05, 0) is 37.1 Å². The molecule has 1 aromatic heterocycles. The largest absolute Gasteiger partial charge is 0.478 e. The van der Waals surface area contributed by atoms with Crippen LogP contribution in [0.25, 0.3) is 0 Å². The Morgan fingerprint density at radius 3 is 2.90 bits per heavy atom. The maximum absolute atomic E-state index is 12.2. The Morgan fingerprint density at radius 2 is 2.15 bits per heavy atom. The predicted octanol–water partition coefficient (Wildman–Crippen LogP) is 2.53. The Bertz CT molecular complexity index is 638. The predicted molar refractivity (Wildman–Crippen MR) is 76.2 cm³/mol. The molecule has 2 heterocycles. The number of rotatable bonds is 2. The van der Waals surface area contributed by atoms with Gasteiger partial charge in [0.2, 0.25) is 5.88 Å². The van der Waals surface area contributed by atoms with E-state index in [9.17, 15) is 4.79 Å². The summed E-state index contributed by atoms with van der Waals surface area (Å²) in [7, 11) is 0. The molecule has 0 saturated carbocycles. The standard InChI is InChI=1S/C15H17N3O2/c1-10-4-5-12(8-11(10)2)16-15(19)13-9-14-18(17-13)6-3-7-20-14/h4-5,8-9H,3,6-7H2,1-2H3,(H,16,19). The fourth-order valence-corrected chi connectivity index (χ4v) is 2.19. The van der Waals surface area contributed by atoms with E-state index in [1.54, 1.807) is 10.7 Å². The number of amides is 1.